The van der Waals surface area contributed by atoms with Crippen molar-refractivity contribution in [3.63, 3.8) is 0 Å². The maximum atomic E-state index is 5.45. The highest BCUT2D eigenvalue weighted by Gasteiger charge is 2.19. The van der Waals surface area contributed by atoms with E-state index < -0.39 is 9.28 Å². The third-order valence-electron chi connectivity index (χ3n) is 2.76. The van der Waals surface area contributed by atoms with Crippen LogP contribution in [0.25, 0.3) is 5.57 Å². The van der Waals surface area contributed by atoms with E-state index in [0.717, 1.165) is 6.42 Å². The van der Waals surface area contributed by atoms with Crippen molar-refractivity contribution in [3.05, 3.63) is 48.1 Å². The second-order valence-electron chi connectivity index (χ2n) is 3.71. The normalized spacial score (nSPS) is 14.6. The smallest absolute Gasteiger partial charge is 0.355 e. The Morgan fingerprint density at radius 2 is 1.88 bits per heavy atom. The van der Waals surface area contributed by atoms with Gasteiger partial charge in [0, 0.05) is 14.2 Å². The fourth-order valence-corrected chi connectivity index (χ4v) is 3.50. The number of hydrogen-bond acceptors (Lipinski definition) is 2. The molecule has 2 rings (SSSR count). The molecule has 0 radical (unpaired) electrons. The number of hydrogen-bond donors (Lipinski definition) is 0. The summed E-state index contributed by atoms with van der Waals surface area (Å²) in [5, 5.41) is 1.22. The second-order valence-corrected chi connectivity index (χ2v) is 5.94. The van der Waals surface area contributed by atoms with E-state index >= 15 is 0 Å². The molecule has 1 aromatic rings. The van der Waals surface area contributed by atoms with Crippen LogP contribution in [0, 0.1) is 0 Å². The van der Waals surface area contributed by atoms with Gasteiger partial charge in [-0.25, -0.2) is 0 Å². The Bertz CT molecular complexity index is 420. The van der Waals surface area contributed by atoms with Gasteiger partial charge in [0.05, 0.1) is 0 Å². The average molecular weight is 232 g/mol. The lowest BCUT2D eigenvalue weighted by Crippen LogP contribution is -2.37. The molecule has 84 valence electrons. The molecule has 0 aliphatic heterocycles. The van der Waals surface area contributed by atoms with Crippen LogP contribution in [0.2, 0.25) is 0 Å². The Balaban J connectivity index is 2.37. The molecule has 0 fully saturated rings. The zero-order chi connectivity index (χ0) is 11.4. The van der Waals surface area contributed by atoms with Gasteiger partial charge >= 0.3 is 9.28 Å². The van der Waals surface area contributed by atoms with E-state index in [4.69, 9.17) is 8.85 Å². The zero-order valence-corrected chi connectivity index (χ0v) is 10.8. The first-order chi connectivity index (χ1) is 7.86. The first-order valence-electron chi connectivity index (χ1n) is 5.37. The van der Waals surface area contributed by atoms with Crippen molar-refractivity contribution in [2.24, 2.45) is 0 Å². The fraction of sp³-hybridized carbons (Fsp3) is 0.231. The molecule has 0 atom stereocenters. The highest BCUT2D eigenvalue weighted by molar-refractivity contribution is 6.62. The van der Waals surface area contributed by atoms with Crippen LogP contribution >= 0.6 is 0 Å². The van der Waals surface area contributed by atoms with E-state index in [2.05, 4.69) is 36.4 Å². The van der Waals surface area contributed by atoms with Gasteiger partial charge in [-0.3, -0.25) is 0 Å². The Morgan fingerprint density at radius 3 is 2.50 bits per heavy atom. The quantitative estimate of drug-likeness (QED) is 0.736. The molecule has 1 aromatic carbocycles. The minimum atomic E-state index is -1.71. The Hall–Kier alpha value is -1.16. The van der Waals surface area contributed by atoms with Gasteiger partial charge in [-0.1, -0.05) is 42.5 Å². The molecule has 16 heavy (non-hydrogen) atoms. The van der Waals surface area contributed by atoms with Crippen LogP contribution in [0.4, 0.5) is 0 Å². The Morgan fingerprint density at radius 1 is 1.12 bits per heavy atom. The van der Waals surface area contributed by atoms with Crippen molar-refractivity contribution >= 4 is 20.0 Å². The van der Waals surface area contributed by atoms with Crippen molar-refractivity contribution in [1.29, 1.82) is 0 Å². The van der Waals surface area contributed by atoms with Crippen molar-refractivity contribution in [1.82, 2.24) is 0 Å². The van der Waals surface area contributed by atoms with E-state index in [1.54, 1.807) is 14.2 Å². The van der Waals surface area contributed by atoms with E-state index in [1.165, 1.54) is 16.3 Å². The molecule has 0 saturated carbocycles. The molecule has 1 aliphatic carbocycles. The van der Waals surface area contributed by atoms with Gasteiger partial charge in [0.2, 0.25) is 0 Å². The van der Waals surface area contributed by atoms with Gasteiger partial charge in [0.25, 0.3) is 0 Å². The molecular formula is C13H16O2Si. The third-order valence-corrected chi connectivity index (χ3v) is 4.63. The minimum Gasteiger partial charge on any atom is -0.397 e. The summed E-state index contributed by atoms with van der Waals surface area (Å²) in [6, 6.07) is 8.36. The predicted octanol–water partition coefficient (Wildman–Crippen LogP) is 1.75. The summed E-state index contributed by atoms with van der Waals surface area (Å²) in [6.07, 6.45) is 7.44. The summed E-state index contributed by atoms with van der Waals surface area (Å²) in [6.45, 7) is 0. The molecule has 0 bridgehead atoms. The summed E-state index contributed by atoms with van der Waals surface area (Å²) in [5.74, 6) is 0. The van der Waals surface area contributed by atoms with Crippen LogP contribution in [0.1, 0.15) is 12.0 Å². The molecule has 0 unspecified atom stereocenters. The second kappa shape index (κ2) is 5.25. The topological polar surface area (TPSA) is 18.5 Å². The van der Waals surface area contributed by atoms with Crippen LogP contribution < -0.4 is 5.19 Å². The zero-order valence-electron chi connectivity index (χ0n) is 9.64. The molecule has 0 N–H and O–H groups in total. The van der Waals surface area contributed by atoms with Crippen LogP contribution in [-0.4, -0.2) is 23.5 Å². The van der Waals surface area contributed by atoms with E-state index in [-0.39, 0.29) is 0 Å². The SMILES string of the molecule is CO[SiH](OC)c1ccccc1C1=CC=CC1. The Labute approximate surface area is 98.1 Å². The molecular weight excluding hydrogens is 216 g/mol. The molecule has 0 amide bonds. The van der Waals surface area contributed by atoms with E-state index in [1.807, 2.05) is 6.07 Å². The highest BCUT2D eigenvalue weighted by Crippen LogP contribution is 2.21. The van der Waals surface area contributed by atoms with Crippen molar-refractivity contribution in [2.75, 3.05) is 14.2 Å². The lowest BCUT2D eigenvalue weighted by Gasteiger charge is -2.16. The van der Waals surface area contributed by atoms with Crippen LogP contribution in [0.3, 0.4) is 0 Å². The maximum absolute atomic E-state index is 5.45. The standard InChI is InChI=1S/C13H16O2Si/c1-14-16(15-2)13-10-6-5-9-12(13)11-7-3-4-8-11/h3-7,9-10,16H,8H2,1-2H3. The maximum Gasteiger partial charge on any atom is 0.355 e. The molecule has 0 saturated heterocycles. The first kappa shape index (κ1) is 11.3. The van der Waals surface area contributed by atoms with Crippen LogP contribution in [0.5, 0.6) is 0 Å². The first-order valence-corrected chi connectivity index (χ1v) is 6.89. The average Bonchev–Trinajstić information content (AvgIpc) is 2.85. The lowest BCUT2D eigenvalue weighted by atomic mass is 10.1. The van der Waals surface area contributed by atoms with Gasteiger partial charge in [0.15, 0.2) is 0 Å². The molecule has 0 spiro atoms. The third kappa shape index (κ3) is 2.16. The van der Waals surface area contributed by atoms with E-state index in [0.29, 0.717) is 0 Å². The largest absolute Gasteiger partial charge is 0.397 e. The number of allylic oxidation sites excluding steroid dienone is 4. The summed E-state index contributed by atoms with van der Waals surface area (Å²) < 4.78 is 10.9. The summed E-state index contributed by atoms with van der Waals surface area (Å²) >= 11 is 0. The number of benzene rings is 1. The predicted molar refractivity (Wildman–Crippen MR) is 69.0 cm³/mol. The van der Waals surface area contributed by atoms with Crippen LogP contribution in [0.15, 0.2) is 42.5 Å². The Kier molecular flexibility index (Phi) is 3.72. The van der Waals surface area contributed by atoms with Gasteiger partial charge in [-0.15, -0.1) is 0 Å². The van der Waals surface area contributed by atoms with Crippen LogP contribution in [-0.2, 0) is 8.85 Å². The lowest BCUT2D eigenvalue weighted by molar-refractivity contribution is 0.292. The number of rotatable bonds is 4. The van der Waals surface area contributed by atoms with E-state index in [9.17, 15) is 0 Å². The molecule has 3 heteroatoms. The molecule has 2 nitrogen and oxygen atoms in total. The highest BCUT2D eigenvalue weighted by atomic mass is 28.3. The van der Waals surface area contributed by atoms with Gasteiger partial charge in [0.1, 0.15) is 0 Å². The summed E-state index contributed by atoms with van der Waals surface area (Å²) in [5.41, 5.74) is 2.62. The molecule has 0 aromatic heterocycles. The monoisotopic (exact) mass is 232 g/mol. The van der Waals surface area contributed by atoms with Crippen molar-refractivity contribution in [2.45, 2.75) is 6.42 Å². The van der Waals surface area contributed by atoms with Gasteiger partial charge in [-0.2, -0.15) is 0 Å². The van der Waals surface area contributed by atoms with Crippen molar-refractivity contribution < 1.29 is 8.85 Å². The fourth-order valence-electron chi connectivity index (χ4n) is 1.99. The van der Waals surface area contributed by atoms with Crippen molar-refractivity contribution in [3.8, 4) is 0 Å². The summed E-state index contributed by atoms with van der Waals surface area (Å²) in [4.78, 5) is 0. The molecule has 0 heterocycles. The van der Waals surface area contributed by atoms with Gasteiger partial charge < -0.3 is 8.85 Å². The minimum absolute atomic E-state index is 1.01. The van der Waals surface area contributed by atoms with Gasteiger partial charge in [-0.05, 0) is 22.7 Å². The molecule has 1 aliphatic rings. The summed E-state index contributed by atoms with van der Waals surface area (Å²) in [7, 11) is 1.73.